The minimum absolute atomic E-state index is 0.134. The maximum Gasteiger partial charge on any atom is 0.308 e. The number of carboxylic acid groups (broad SMARTS) is 1. The van der Waals surface area contributed by atoms with Crippen LogP contribution in [0, 0.1) is 34.2 Å². The lowest BCUT2D eigenvalue weighted by molar-refractivity contribution is -0.143. The van der Waals surface area contributed by atoms with Crippen molar-refractivity contribution in [1.82, 2.24) is 14.8 Å². The highest BCUT2D eigenvalue weighted by atomic mass is 127. The number of amides is 1. The third kappa shape index (κ3) is 5.61. The van der Waals surface area contributed by atoms with E-state index in [1.807, 2.05) is 32.2 Å². The molecule has 1 saturated heterocycles. The average molecular weight is 656 g/mol. The summed E-state index contributed by atoms with van der Waals surface area (Å²) in [6.07, 6.45) is 3.40. The fourth-order valence-electron chi connectivity index (χ4n) is 5.63. The van der Waals surface area contributed by atoms with Crippen LogP contribution in [0.1, 0.15) is 51.5 Å². The summed E-state index contributed by atoms with van der Waals surface area (Å²) in [5.41, 5.74) is 4.15. The number of rotatable bonds is 6. The monoisotopic (exact) mass is 655 g/mol. The lowest BCUT2D eigenvalue weighted by atomic mass is 9.87. The van der Waals surface area contributed by atoms with Gasteiger partial charge in [0, 0.05) is 23.7 Å². The van der Waals surface area contributed by atoms with Gasteiger partial charge >= 0.3 is 11.9 Å². The van der Waals surface area contributed by atoms with Crippen molar-refractivity contribution in [1.29, 1.82) is 0 Å². The summed E-state index contributed by atoms with van der Waals surface area (Å²) in [7, 11) is 1.83. The number of benzene rings is 1. The Morgan fingerprint density at radius 3 is 2.58 bits per heavy atom. The molecule has 2 aliphatic rings. The summed E-state index contributed by atoms with van der Waals surface area (Å²) < 4.78 is 9.14. The SMILES string of the molecule is CC#CC(=O)N(c1ccc2c(n1)c(O[C@H]1CC[C@H](C(=O)O)CC1)nn2C)c1cc(C)c(I)cc1N1CC[C@@H](C)C1. The summed E-state index contributed by atoms with van der Waals surface area (Å²) in [6, 6.07) is 7.91. The number of nitrogens with zero attached hydrogens (tertiary/aromatic N) is 5. The normalized spacial score (nSPS) is 20.7. The van der Waals surface area contributed by atoms with E-state index in [0.29, 0.717) is 48.8 Å². The molecule has 3 aromatic rings. The van der Waals surface area contributed by atoms with Crippen LogP contribution in [0.4, 0.5) is 17.2 Å². The Kier molecular flexibility index (Phi) is 8.21. The molecule has 0 unspecified atom stereocenters. The van der Waals surface area contributed by atoms with E-state index in [9.17, 15) is 14.7 Å². The number of aromatic nitrogens is 3. The van der Waals surface area contributed by atoms with Crippen LogP contribution in [0.2, 0.25) is 0 Å². The quantitative estimate of drug-likeness (QED) is 0.279. The Morgan fingerprint density at radius 1 is 1.18 bits per heavy atom. The molecule has 1 saturated carbocycles. The molecule has 2 fully saturated rings. The van der Waals surface area contributed by atoms with Crippen LogP contribution < -0.4 is 14.5 Å². The third-order valence-electron chi connectivity index (χ3n) is 7.88. The molecule has 5 rings (SSSR count). The molecular weight excluding hydrogens is 621 g/mol. The first-order chi connectivity index (χ1) is 19.2. The van der Waals surface area contributed by atoms with Crippen molar-refractivity contribution < 1.29 is 19.4 Å². The summed E-state index contributed by atoms with van der Waals surface area (Å²) >= 11 is 2.35. The zero-order valence-corrected chi connectivity index (χ0v) is 25.4. The van der Waals surface area contributed by atoms with Gasteiger partial charge in [-0.15, -0.1) is 5.10 Å². The van der Waals surface area contributed by atoms with E-state index in [4.69, 9.17) is 9.72 Å². The number of ether oxygens (including phenoxy) is 1. The zero-order valence-electron chi connectivity index (χ0n) is 23.3. The van der Waals surface area contributed by atoms with Crippen LogP contribution in [0.3, 0.4) is 0 Å². The van der Waals surface area contributed by atoms with Crippen molar-refractivity contribution >= 4 is 62.7 Å². The predicted molar refractivity (Wildman–Crippen MR) is 163 cm³/mol. The van der Waals surface area contributed by atoms with E-state index < -0.39 is 5.97 Å². The Morgan fingerprint density at radius 2 is 1.93 bits per heavy atom. The molecule has 9 nitrogen and oxygen atoms in total. The summed E-state index contributed by atoms with van der Waals surface area (Å²) in [4.78, 5) is 33.8. The first kappa shape index (κ1) is 28.2. The molecule has 210 valence electrons. The van der Waals surface area contributed by atoms with Gasteiger partial charge in [0.1, 0.15) is 11.9 Å². The maximum atomic E-state index is 13.6. The number of hydrogen-bond acceptors (Lipinski definition) is 6. The fraction of sp³-hybridized carbons (Fsp3) is 0.467. The highest BCUT2D eigenvalue weighted by Gasteiger charge is 2.30. The number of halogens is 1. The van der Waals surface area contributed by atoms with Gasteiger partial charge in [-0.3, -0.25) is 19.2 Å². The second-order valence-electron chi connectivity index (χ2n) is 10.8. The lowest BCUT2D eigenvalue weighted by Gasteiger charge is -2.28. The van der Waals surface area contributed by atoms with E-state index in [0.717, 1.165) is 45.5 Å². The van der Waals surface area contributed by atoms with Gasteiger partial charge in [-0.2, -0.15) is 0 Å². The number of carbonyl (C=O) groups excluding carboxylic acids is 1. The molecule has 1 aromatic carbocycles. The smallest absolute Gasteiger partial charge is 0.308 e. The zero-order chi connectivity index (χ0) is 28.6. The molecule has 0 radical (unpaired) electrons. The number of aryl methyl sites for hydroxylation is 2. The van der Waals surface area contributed by atoms with Crippen LogP contribution in [-0.2, 0) is 16.6 Å². The van der Waals surface area contributed by atoms with Gasteiger partial charge in [-0.25, -0.2) is 4.98 Å². The minimum Gasteiger partial charge on any atom is -0.481 e. The van der Waals surface area contributed by atoms with Gasteiger partial charge in [-0.1, -0.05) is 12.8 Å². The molecule has 1 atom stereocenters. The van der Waals surface area contributed by atoms with Crippen molar-refractivity contribution in [3.05, 3.63) is 33.4 Å². The number of pyridine rings is 1. The summed E-state index contributed by atoms with van der Waals surface area (Å²) in [6.45, 7) is 7.79. The number of hydrogen-bond donors (Lipinski definition) is 1. The molecule has 10 heteroatoms. The van der Waals surface area contributed by atoms with Crippen LogP contribution >= 0.6 is 22.6 Å². The average Bonchev–Trinajstić information content (AvgIpc) is 3.49. The molecule has 40 heavy (non-hydrogen) atoms. The first-order valence-electron chi connectivity index (χ1n) is 13.7. The molecule has 0 spiro atoms. The highest BCUT2D eigenvalue weighted by molar-refractivity contribution is 14.1. The molecule has 1 aliphatic carbocycles. The molecule has 3 heterocycles. The molecule has 0 bridgehead atoms. The van der Waals surface area contributed by atoms with Gasteiger partial charge in [0.25, 0.3) is 5.88 Å². The van der Waals surface area contributed by atoms with Crippen LogP contribution in [0.15, 0.2) is 24.3 Å². The second kappa shape index (κ2) is 11.6. The van der Waals surface area contributed by atoms with Crippen LogP contribution in [-0.4, -0.2) is 50.9 Å². The van der Waals surface area contributed by atoms with Gasteiger partial charge < -0.3 is 14.7 Å². The van der Waals surface area contributed by atoms with Gasteiger partial charge in [0.15, 0.2) is 5.52 Å². The molecular formula is C30H34IN5O4. The standard InChI is InChI=1S/C30H34IN5O4/c1-5-6-27(37)36(25-15-19(3)22(31)16-24(25)35-14-13-18(2)17-35)26-12-11-23-28(32-26)29(33-34(23)4)40-21-9-7-20(8-10-21)30(38)39/h11-12,15-16,18,20-21H,7-10,13-14,17H2,1-4H3,(H,38,39)/t18-,20-,21-/m1/s1. The molecule has 1 N–H and O–H groups in total. The molecule has 2 aromatic heterocycles. The molecule has 1 aliphatic heterocycles. The first-order valence-corrected chi connectivity index (χ1v) is 14.8. The third-order valence-corrected chi connectivity index (χ3v) is 9.04. The summed E-state index contributed by atoms with van der Waals surface area (Å²) in [5, 5.41) is 13.9. The Bertz CT molecular complexity index is 1520. The van der Waals surface area contributed by atoms with E-state index in [-0.39, 0.29) is 17.9 Å². The number of anilines is 3. The topological polar surface area (TPSA) is 101 Å². The fourth-order valence-corrected chi connectivity index (χ4v) is 6.08. The molecule has 1 amide bonds. The van der Waals surface area contributed by atoms with Crippen molar-refractivity contribution in [3.8, 4) is 17.7 Å². The van der Waals surface area contributed by atoms with Crippen LogP contribution in [0.5, 0.6) is 5.88 Å². The maximum absolute atomic E-state index is 13.6. The van der Waals surface area contributed by atoms with Crippen molar-refractivity contribution in [2.45, 2.75) is 59.0 Å². The van der Waals surface area contributed by atoms with Gasteiger partial charge in [-0.05, 0) is 110 Å². The predicted octanol–water partition coefficient (Wildman–Crippen LogP) is 5.44. The number of carbonyl (C=O) groups is 2. The van der Waals surface area contributed by atoms with E-state index in [2.05, 4.69) is 57.4 Å². The lowest BCUT2D eigenvalue weighted by Crippen LogP contribution is -2.29. The van der Waals surface area contributed by atoms with E-state index >= 15 is 0 Å². The Balaban J connectivity index is 1.56. The largest absolute Gasteiger partial charge is 0.481 e. The van der Waals surface area contributed by atoms with Gasteiger partial charge in [0.2, 0.25) is 0 Å². The van der Waals surface area contributed by atoms with E-state index in [1.165, 1.54) is 0 Å². The van der Waals surface area contributed by atoms with Crippen molar-refractivity contribution in [3.63, 3.8) is 0 Å². The number of fused-ring (bicyclic) bond motifs is 1. The van der Waals surface area contributed by atoms with Crippen molar-refractivity contribution in [2.24, 2.45) is 18.9 Å². The Labute approximate surface area is 248 Å². The second-order valence-corrected chi connectivity index (χ2v) is 12.0. The van der Waals surface area contributed by atoms with E-state index in [1.54, 1.807) is 16.5 Å². The minimum atomic E-state index is -0.749. The number of carboxylic acids is 1. The number of aliphatic carboxylic acids is 1. The van der Waals surface area contributed by atoms with Gasteiger partial charge in [0.05, 0.1) is 22.8 Å². The Hall–Kier alpha value is -3.33. The highest BCUT2D eigenvalue weighted by Crippen LogP contribution is 2.40. The van der Waals surface area contributed by atoms with Crippen molar-refractivity contribution in [2.75, 3.05) is 22.9 Å². The van der Waals surface area contributed by atoms with Crippen LogP contribution in [0.25, 0.3) is 11.0 Å². The summed E-state index contributed by atoms with van der Waals surface area (Å²) in [5.74, 6) is 5.46.